The second kappa shape index (κ2) is 10.7. The Hall–Kier alpha value is -4.31. The molecule has 40 heavy (non-hydrogen) atoms. The smallest absolute Gasteiger partial charge is 0.276 e. The van der Waals surface area contributed by atoms with Gasteiger partial charge in [-0.25, -0.2) is 13.2 Å². The number of anilines is 1. The molecule has 6 rings (SSSR count). The van der Waals surface area contributed by atoms with Gasteiger partial charge in [0.05, 0.1) is 23.1 Å². The summed E-state index contributed by atoms with van der Waals surface area (Å²) in [5.74, 6) is -3.23. The Labute approximate surface area is 228 Å². The maximum atomic E-state index is 13.6. The lowest BCUT2D eigenvalue weighted by Gasteiger charge is -2.31. The molecule has 0 unspecified atom stereocenters. The van der Waals surface area contributed by atoms with E-state index in [-0.39, 0.29) is 24.4 Å². The summed E-state index contributed by atoms with van der Waals surface area (Å²) in [6.07, 6.45) is 9.16. The molecule has 1 aromatic carbocycles. The van der Waals surface area contributed by atoms with Gasteiger partial charge in [-0.1, -0.05) is 6.07 Å². The zero-order valence-electron chi connectivity index (χ0n) is 21.6. The van der Waals surface area contributed by atoms with Gasteiger partial charge >= 0.3 is 0 Å². The van der Waals surface area contributed by atoms with Crippen LogP contribution in [0.3, 0.4) is 0 Å². The molecule has 2 aliphatic rings. The van der Waals surface area contributed by atoms with Crippen LogP contribution in [-0.4, -0.2) is 50.0 Å². The van der Waals surface area contributed by atoms with Crippen molar-refractivity contribution in [3.05, 3.63) is 89.9 Å². The van der Waals surface area contributed by atoms with Crippen molar-refractivity contribution in [1.82, 2.24) is 25.1 Å². The summed E-state index contributed by atoms with van der Waals surface area (Å²) in [6, 6.07) is 11.2. The number of carbonyl (C=O) groups is 1. The molecule has 1 saturated heterocycles. The number of aromatic amines is 1. The van der Waals surface area contributed by atoms with Crippen molar-refractivity contribution >= 4 is 28.1 Å². The molecule has 204 valence electrons. The van der Waals surface area contributed by atoms with Crippen LogP contribution >= 0.6 is 0 Å². The molecule has 3 aromatic heterocycles. The lowest BCUT2D eigenvalue weighted by Crippen LogP contribution is -2.38. The summed E-state index contributed by atoms with van der Waals surface area (Å²) in [4.78, 5) is 23.9. The highest BCUT2D eigenvalue weighted by Gasteiger charge is 2.33. The number of pyridine rings is 2. The molecule has 4 aromatic rings. The van der Waals surface area contributed by atoms with E-state index in [1.54, 1.807) is 36.8 Å². The van der Waals surface area contributed by atoms with Gasteiger partial charge in [0.15, 0.2) is 5.69 Å². The van der Waals surface area contributed by atoms with Crippen LogP contribution in [0.15, 0.2) is 73.0 Å². The molecular formula is C30H27F3N6O. The van der Waals surface area contributed by atoms with E-state index < -0.39 is 11.8 Å². The third-order valence-electron chi connectivity index (χ3n) is 7.32. The van der Waals surface area contributed by atoms with Crippen LogP contribution in [0.2, 0.25) is 0 Å². The number of fused-ring (bicyclic) bond motifs is 1. The molecule has 0 bridgehead atoms. The number of piperidine rings is 1. The van der Waals surface area contributed by atoms with E-state index in [1.807, 2.05) is 29.2 Å². The average molecular weight is 545 g/mol. The van der Waals surface area contributed by atoms with Gasteiger partial charge in [0, 0.05) is 55.8 Å². The lowest BCUT2D eigenvalue weighted by atomic mass is 10.0. The van der Waals surface area contributed by atoms with Crippen molar-refractivity contribution in [2.24, 2.45) is 0 Å². The topological polar surface area (TPSA) is 86.8 Å². The van der Waals surface area contributed by atoms with Gasteiger partial charge in [-0.2, -0.15) is 5.10 Å². The van der Waals surface area contributed by atoms with E-state index in [0.717, 1.165) is 22.3 Å². The highest BCUT2D eigenvalue weighted by Crippen LogP contribution is 2.30. The molecule has 0 spiro atoms. The minimum atomic E-state index is -2.58. The van der Waals surface area contributed by atoms with Gasteiger partial charge in [0.2, 0.25) is 0 Å². The molecule has 7 nitrogen and oxygen atoms in total. The van der Waals surface area contributed by atoms with Crippen molar-refractivity contribution < 1.29 is 18.0 Å². The number of rotatable bonds is 6. The summed E-state index contributed by atoms with van der Waals surface area (Å²) in [5, 5.41) is 10.6. The number of hydrogen-bond acceptors (Lipinski definition) is 5. The normalized spacial score (nSPS) is 17.4. The van der Waals surface area contributed by atoms with E-state index in [9.17, 15) is 18.0 Å². The first-order chi connectivity index (χ1) is 19.3. The Balaban J connectivity index is 1.18. The van der Waals surface area contributed by atoms with Crippen LogP contribution in [0.25, 0.3) is 27.6 Å². The van der Waals surface area contributed by atoms with Crippen molar-refractivity contribution in [3.63, 3.8) is 0 Å². The SMILES string of the molecule is O=C(Nc1ccc(C2=CC(F)=CCC2)nc1)c1n[nH]c2ccc(-c3cncc(CN4CCC(F)(F)CC4)c3)cc12. The standard InChI is InChI=1S/C30H27F3N6O/c31-23-3-1-2-21(13-23)26-7-5-24(17-35-26)36-29(40)28-25-14-20(4-6-27(25)37-38-28)22-12-19(15-34-16-22)18-39-10-8-30(32,33)9-11-39/h3-7,12-17H,1-2,8-11,18H2,(H,36,40)(H,37,38). The number of hydrogen-bond donors (Lipinski definition) is 2. The Kier molecular flexibility index (Phi) is 6.93. The second-order valence-electron chi connectivity index (χ2n) is 10.2. The van der Waals surface area contributed by atoms with E-state index in [2.05, 4.69) is 25.5 Å². The predicted octanol–water partition coefficient (Wildman–Crippen LogP) is 6.53. The van der Waals surface area contributed by atoms with Gasteiger partial charge < -0.3 is 5.32 Å². The lowest BCUT2D eigenvalue weighted by molar-refractivity contribution is -0.0566. The van der Waals surface area contributed by atoms with Gasteiger partial charge in [-0.3, -0.25) is 24.8 Å². The van der Waals surface area contributed by atoms with E-state index in [0.29, 0.717) is 54.8 Å². The molecule has 0 radical (unpaired) electrons. The fraction of sp³-hybridized carbons (Fsp3) is 0.267. The maximum Gasteiger partial charge on any atom is 0.276 e. The zero-order valence-corrected chi connectivity index (χ0v) is 21.6. The van der Waals surface area contributed by atoms with Gasteiger partial charge in [-0.05, 0) is 72.0 Å². The van der Waals surface area contributed by atoms with Crippen molar-refractivity contribution in [3.8, 4) is 11.1 Å². The quantitative estimate of drug-likeness (QED) is 0.288. The summed E-state index contributed by atoms with van der Waals surface area (Å²) in [5.41, 5.74) is 5.59. The first-order valence-corrected chi connectivity index (χ1v) is 13.2. The second-order valence-corrected chi connectivity index (χ2v) is 10.2. The third kappa shape index (κ3) is 5.67. The van der Waals surface area contributed by atoms with Crippen molar-refractivity contribution in [2.45, 2.75) is 38.2 Å². The number of allylic oxidation sites excluding steroid dienone is 4. The number of H-pyrrole nitrogens is 1. The number of likely N-dealkylation sites (tertiary alicyclic amines) is 1. The molecular weight excluding hydrogens is 517 g/mol. The summed E-state index contributed by atoms with van der Waals surface area (Å²) in [6.45, 7) is 1.25. The molecule has 10 heteroatoms. The summed E-state index contributed by atoms with van der Waals surface area (Å²) >= 11 is 0. The number of aromatic nitrogens is 4. The fourth-order valence-electron chi connectivity index (χ4n) is 5.11. The van der Waals surface area contributed by atoms with Crippen LogP contribution in [0, 0.1) is 0 Å². The maximum absolute atomic E-state index is 13.6. The Morgan fingerprint density at radius 3 is 2.67 bits per heavy atom. The number of alkyl halides is 2. The third-order valence-corrected chi connectivity index (χ3v) is 7.32. The zero-order chi connectivity index (χ0) is 27.7. The Morgan fingerprint density at radius 2 is 1.90 bits per heavy atom. The largest absolute Gasteiger partial charge is 0.319 e. The van der Waals surface area contributed by atoms with Crippen LogP contribution in [-0.2, 0) is 6.54 Å². The Bertz CT molecular complexity index is 1620. The van der Waals surface area contributed by atoms with Crippen LogP contribution in [0.4, 0.5) is 18.9 Å². The average Bonchev–Trinajstić information content (AvgIpc) is 3.38. The molecule has 1 amide bonds. The van der Waals surface area contributed by atoms with Crippen LogP contribution < -0.4 is 5.32 Å². The van der Waals surface area contributed by atoms with Crippen molar-refractivity contribution in [1.29, 1.82) is 0 Å². The number of amides is 1. The van der Waals surface area contributed by atoms with Gasteiger partial charge in [0.1, 0.15) is 5.83 Å². The highest BCUT2D eigenvalue weighted by atomic mass is 19.3. The number of carbonyl (C=O) groups excluding carboxylic acids is 1. The van der Waals surface area contributed by atoms with Gasteiger partial charge in [-0.15, -0.1) is 0 Å². The molecule has 0 saturated carbocycles. The molecule has 4 heterocycles. The van der Waals surface area contributed by atoms with Crippen LogP contribution in [0.1, 0.15) is 47.4 Å². The molecule has 2 N–H and O–H groups in total. The van der Waals surface area contributed by atoms with Gasteiger partial charge in [0.25, 0.3) is 11.8 Å². The predicted molar refractivity (Wildman–Crippen MR) is 147 cm³/mol. The monoisotopic (exact) mass is 544 g/mol. The Morgan fingerprint density at radius 1 is 1.05 bits per heavy atom. The minimum Gasteiger partial charge on any atom is -0.319 e. The molecule has 0 atom stereocenters. The van der Waals surface area contributed by atoms with Crippen molar-refractivity contribution in [2.75, 3.05) is 18.4 Å². The van der Waals surface area contributed by atoms with Crippen LogP contribution in [0.5, 0.6) is 0 Å². The first kappa shape index (κ1) is 25.9. The minimum absolute atomic E-state index is 0.127. The molecule has 1 aliphatic carbocycles. The van der Waals surface area contributed by atoms with E-state index in [1.165, 1.54) is 6.08 Å². The fourth-order valence-corrected chi connectivity index (χ4v) is 5.11. The number of halogens is 3. The number of benzene rings is 1. The summed E-state index contributed by atoms with van der Waals surface area (Å²) in [7, 11) is 0. The first-order valence-electron chi connectivity index (χ1n) is 13.2. The molecule has 1 fully saturated rings. The van der Waals surface area contributed by atoms with E-state index in [4.69, 9.17) is 0 Å². The highest BCUT2D eigenvalue weighted by molar-refractivity contribution is 6.11. The number of nitrogens with one attached hydrogen (secondary N) is 2. The summed E-state index contributed by atoms with van der Waals surface area (Å²) < 4.78 is 40.6. The molecule has 1 aliphatic heterocycles. The van der Waals surface area contributed by atoms with E-state index >= 15 is 0 Å². The number of nitrogens with zero attached hydrogens (tertiary/aromatic N) is 4.